The molecule has 0 saturated heterocycles. The summed E-state index contributed by atoms with van der Waals surface area (Å²) in [6.07, 6.45) is 6.56. The quantitative estimate of drug-likeness (QED) is 0.508. The highest BCUT2D eigenvalue weighted by atomic mass is 15.3. The zero-order valence-corrected chi connectivity index (χ0v) is 16.1. The van der Waals surface area contributed by atoms with Crippen LogP contribution in [-0.4, -0.2) is 4.57 Å². The Hall–Kier alpha value is -2.22. The van der Waals surface area contributed by atoms with Gasteiger partial charge in [0.1, 0.15) is 0 Å². The molecule has 1 aliphatic heterocycles. The maximum absolute atomic E-state index is 2.78. The van der Waals surface area contributed by atoms with Crippen LogP contribution in [0, 0.1) is 6.92 Å². The minimum atomic E-state index is 0.146. The Morgan fingerprint density at radius 2 is 1.62 bits per heavy atom. The van der Waals surface area contributed by atoms with Crippen LogP contribution in [0.15, 0.2) is 48.5 Å². The molecule has 2 heterocycles. The zero-order valence-electron chi connectivity index (χ0n) is 16.1. The van der Waals surface area contributed by atoms with Crippen molar-refractivity contribution in [3.63, 3.8) is 0 Å². The molecule has 2 aromatic carbocycles. The monoisotopic (exact) mass is 344 g/mol. The van der Waals surface area contributed by atoms with Gasteiger partial charge >= 0.3 is 0 Å². The lowest BCUT2D eigenvalue weighted by Crippen LogP contribution is -2.45. The molecular weight excluding hydrogens is 316 g/mol. The molecule has 0 bridgehead atoms. The number of nitrogens with zero attached hydrogens (tertiary/aromatic N) is 2. The molecule has 2 nitrogen and oxygen atoms in total. The van der Waals surface area contributed by atoms with E-state index in [2.05, 4.69) is 78.9 Å². The van der Waals surface area contributed by atoms with E-state index in [4.69, 9.17) is 0 Å². The van der Waals surface area contributed by atoms with Gasteiger partial charge in [-0.2, -0.15) is 0 Å². The number of rotatable bonds is 1. The van der Waals surface area contributed by atoms with E-state index in [1.165, 1.54) is 54.3 Å². The summed E-state index contributed by atoms with van der Waals surface area (Å²) in [5.74, 6) is 0. The van der Waals surface area contributed by atoms with Gasteiger partial charge in [0.15, 0.2) is 0 Å². The van der Waals surface area contributed by atoms with Crippen molar-refractivity contribution in [3.8, 4) is 0 Å². The van der Waals surface area contributed by atoms with Gasteiger partial charge in [0.05, 0.1) is 11.6 Å². The van der Waals surface area contributed by atoms with Gasteiger partial charge in [-0.1, -0.05) is 55.7 Å². The number of aromatic nitrogens is 1. The third-order valence-electron chi connectivity index (χ3n) is 6.91. The van der Waals surface area contributed by atoms with E-state index in [-0.39, 0.29) is 5.54 Å². The first kappa shape index (κ1) is 16.0. The number of benzene rings is 2. The highest BCUT2D eigenvalue weighted by Gasteiger charge is 2.52. The average molecular weight is 345 g/mol. The van der Waals surface area contributed by atoms with E-state index in [1.807, 2.05) is 0 Å². The Labute approximate surface area is 156 Å². The van der Waals surface area contributed by atoms with Crippen LogP contribution < -0.4 is 4.90 Å². The van der Waals surface area contributed by atoms with Crippen molar-refractivity contribution >= 4 is 16.6 Å². The minimum absolute atomic E-state index is 0.146. The molecular formula is C24H28N2. The van der Waals surface area contributed by atoms with Crippen molar-refractivity contribution < 1.29 is 0 Å². The van der Waals surface area contributed by atoms with E-state index in [1.54, 1.807) is 11.3 Å². The molecule has 0 N–H and O–H groups in total. The Morgan fingerprint density at radius 1 is 0.923 bits per heavy atom. The molecule has 1 fully saturated rings. The first-order chi connectivity index (χ1) is 12.6. The maximum Gasteiger partial charge on any atom is 0.0814 e. The second-order valence-corrected chi connectivity index (χ2v) is 8.26. The first-order valence-electron chi connectivity index (χ1n) is 10.1. The van der Waals surface area contributed by atoms with Crippen LogP contribution in [0.3, 0.4) is 0 Å². The molecule has 2 aliphatic rings. The molecule has 1 aromatic heterocycles. The lowest BCUT2D eigenvalue weighted by Gasteiger charge is -2.46. The molecule has 1 atom stereocenters. The van der Waals surface area contributed by atoms with Crippen molar-refractivity contribution in [2.24, 2.45) is 7.05 Å². The molecule has 1 spiro atoms. The molecule has 26 heavy (non-hydrogen) atoms. The van der Waals surface area contributed by atoms with Crippen molar-refractivity contribution in [2.45, 2.75) is 57.5 Å². The van der Waals surface area contributed by atoms with E-state index in [9.17, 15) is 0 Å². The molecule has 0 amide bonds. The lowest BCUT2D eigenvalue weighted by molar-refractivity contribution is 0.273. The summed E-state index contributed by atoms with van der Waals surface area (Å²) in [6.45, 7) is 4.68. The fourth-order valence-electron chi connectivity index (χ4n) is 5.91. The number of hydrogen-bond donors (Lipinski definition) is 0. The zero-order chi connectivity index (χ0) is 17.9. The van der Waals surface area contributed by atoms with Crippen LogP contribution in [-0.2, 0) is 12.6 Å². The third-order valence-corrected chi connectivity index (χ3v) is 6.91. The highest BCUT2D eigenvalue weighted by molar-refractivity contribution is 5.89. The van der Waals surface area contributed by atoms with Gasteiger partial charge in [0, 0.05) is 34.9 Å². The summed E-state index contributed by atoms with van der Waals surface area (Å²) in [5.41, 5.74) is 7.48. The van der Waals surface area contributed by atoms with E-state index >= 15 is 0 Å². The van der Waals surface area contributed by atoms with Gasteiger partial charge in [-0.25, -0.2) is 0 Å². The van der Waals surface area contributed by atoms with Crippen molar-refractivity contribution in [1.82, 2.24) is 4.57 Å². The van der Waals surface area contributed by atoms with E-state index in [0.29, 0.717) is 6.04 Å². The predicted molar refractivity (Wildman–Crippen MR) is 110 cm³/mol. The summed E-state index contributed by atoms with van der Waals surface area (Å²) < 4.78 is 2.50. The van der Waals surface area contributed by atoms with Gasteiger partial charge in [-0.3, -0.25) is 0 Å². The predicted octanol–water partition coefficient (Wildman–Crippen LogP) is 6.23. The molecule has 3 aromatic rings. The Bertz CT molecular complexity index is 975. The summed E-state index contributed by atoms with van der Waals surface area (Å²) >= 11 is 0. The second-order valence-electron chi connectivity index (χ2n) is 8.26. The fraction of sp³-hybridized carbons (Fsp3) is 0.417. The summed E-state index contributed by atoms with van der Waals surface area (Å²) in [7, 11) is 2.28. The van der Waals surface area contributed by atoms with Gasteiger partial charge in [0.2, 0.25) is 0 Å². The summed E-state index contributed by atoms with van der Waals surface area (Å²) in [6, 6.07) is 18.3. The van der Waals surface area contributed by atoms with Gasteiger partial charge < -0.3 is 9.47 Å². The topological polar surface area (TPSA) is 8.17 Å². The number of anilines is 1. The van der Waals surface area contributed by atoms with Gasteiger partial charge in [0.25, 0.3) is 0 Å². The molecule has 1 aliphatic carbocycles. The van der Waals surface area contributed by atoms with E-state index in [0.717, 1.165) is 0 Å². The molecule has 1 unspecified atom stereocenters. The molecule has 1 saturated carbocycles. The van der Waals surface area contributed by atoms with Crippen molar-refractivity contribution in [1.29, 1.82) is 0 Å². The van der Waals surface area contributed by atoms with Crippen LogP contribution in [0.2, 0.25) is 0 Å². The van der Waals surface area contributed by atoms with Crippen LogP contribution in [0.1, 0.15) is 61.9 Å². The Kier molecular flexibility index (Phi) is 3.47. The van der Waals surface area contributed by atoms with Crippen LogP contribution in [0.4, 0.5) is 5.69 Å². The number of hydrogen-bond acceptors (Lipinski definition) is 1. The second kappa shape index (κ2) is 5.64. The third kappa shape index (κ3) is 1.93. The number of fused-ring (bicyclic) bond motifs is 4. The number of para-hydroxylation sites is 2. The Morgan fingerprint density at radius 3 is 2.38 bits per heavy atom. The Balaban J connectivity index is 1.82. The molecule has 5 rings (SSSR count). The van der Waals surface area contributed by atoms with Gasteiger partial charge in [-0.15, -0.1) is 0 Å². The highest BCUT2D eigenvalue weighted by Crippen LogP contribution is 2.57. The van der Waals surface area contributed by atoms with E-state index < -0.39 is 0 Å². The number of aryl methyl sites for hydroxylation is 2. The fourth-order valence-corrected chi connectivity index (χ4v) is 5.91. The first-order valence-corrected chi connectivity index (χ1v) is 10.1. The summed E-state index contributed by atoms with van der Waals surface area (Å²) in [5, 5.41) is 1.44. The smallest absolute Gasteiger partial charge is 0.0814 e. The standard InChI is InChI=1S/C24H28N2/c1-17-11-5-7-13-20(17)26-18(2)22-19-12-6-8-14-21(19)25(3)23(22)24(26)15-9-4-10-16-24/h5-8,11-14,18H,4,9-10,15-16H2,1-3H3. The maximum atomic E-state index is 2.78. The van der Waals surface area contributed by atoms with Crippen molar-refractivity contribution in [3.05, 3.63) is 65.4 Å². The molecule has 134 valence electrons. The molecule has 2 heteroatoms. The van der Waals surface area contributed by atoms with Crippen LogP contribution in [0.5, 0.6) is 0 Å². The largest absolute Gasteiger partial charge is 0.353 e. The lowest BCUT2D eigenvalue weighted by atomic mass is 9.78. The van der Waals surface area contributed by atoms with Crippen molar-refractivity contribution in [2.75, 3.05) is 4.90 Å². The van der Waals surface area contributed by atoms with Gasteiger partial charge in [-0.05, 0) is 44.4 Å². The molecule has 0 radical (unpaired) electrons. The van der Waals surface area contributed by atoms with Crippen LogP contribution >= 0.6 is 0 Å². The normalized spacial score (nSPS) is 21.5. The minimum Gasteiger partial charge on any atom is -0.353 e. The van der Waals surface area contributed by atoms with Crippen LogP contribution in [0.25, 0.3) is 10.9 Å². The average Bonchev–Trinajstić information content (AvgIpc) is 3.09. The summed E-state index contributed by atoms with van der Waals surface area (Å²) in [4.78, 5) is 2.78. The SMILES string of the molecule is Cc1ccccc1N1C(C)c2c(n(C)c3ccccc23)C12CCCCC2.